The lowest BCUT2D eigenvalue weighted by Crippen LogP contribution is -2.30. The van der Waals surface area contributed by atoms with Crippen LogP contribution in [0, 0.1) is 0 Å². The van der Waals surface area contributed by atoms with E-state index in [0.717, 1.165) is 109 Å². The summed E-state index contributed by atoms with van der Waals surface area (Å²) in [6.45, 7) is 6.30. The number of unbranched alkanes of at least 4 members (excludes halogenated alkanes) is 20. The van der Waals surface area contributed by atoms with Crippen LogP contribution in [0.2, 0.25) is 0 Å². The first kappa shape index (κ1) is 68.6. The Morgan fingerprint density at radius 2 is 0.575 bits per heavy atom. The van der Waals surface area contributed by atoms with Gasteiger partial charge >= 0.3 is 17.9 Å². The molecule has 0 aliphatic carbocycles. The Labute approximate surface area is 449 Å². The molecule has 73 heavy (non-hydrogen) atoms. The van der Waals surface area contributed by atoms with Gasteiger partial charge in [0.25, 0.3) is 0 Å². The molecule has 1 unspecified atom stereocenters. The summed E-state index contributed by atoms with van der Waals surface area (Å²) >= 11 is 0. The molecule has 0 amide bonds. The molecule has 0 rings (SSSR count). The Morgan fingerprint density at radius 1 is 0.301 bits per heavy atom. The van der Waals surface area contributed by atoms with Crippen LogP contribution in [0.25, 0.3) is 0 Å². The molecular formula is C67H108O6. The molecule has 0 radical (unpaired) electrons. The van der Waals surface area contributed by atoms with Crippen molar-refractivity contribution in [1.29, 1.82) is 0 Å². The molecule has 0 aliphatic rings. The summed E-state index contributed by atoms with van der Waals surface area (Å²) in [6.07, 6.45) is 84.8. The number of hydrogen-bond donors (Lipinski definition) is 0. The van der Waals surface area contributed by atoms with Gasteiger partial charge in [0.2, 0.25) is 0 Å². The van der Waals surface area contributed by atoms with Gasteiger partial charge in [-0.05, 0) is 116 Å². The smallest absolute Gasteiger partial charge is 0.310 e. The van der Waals surface area contributed by atoms with Crippen LogP contribution >= 0.6 is 0 Å². The second-order valence-corrected chi connectivity index (χ2v) is 19.2. The monoisotopic (exact) mass is 1010 g/mol. The van der Waals surface area contributed by atoms with E-state index in [1.807, 2.05) is 6.08 Å². The molecule has 6 heteroatoms. The van der Waals surface area contributed by atoms with E-state index < -0.39 is 12.1 Å². The Bertz CT molecular complexity index is 1580. The van der Waals surface area contributed by atoms with Crippen LogP contribution in [-0.4, -0.2) is 37.2 Å². The van der Waals surface area contributed by atoms with Crippen LogP contribution in [0.15, 0.2) is 134 Å². The largest absolute Gasteiger partial charge is 0.462 e. The van der Waals surface area contributed by atoms with E-state index in [4.69, 9.17) is 14.2 Å². The molecular weight excluding hydrogens is 901 g/mol. The van der Waals surface area contributed by atoms with Crippen molar-refractivity contribution in [2.75, 3.05) is 13.2 Å². The quantitative estimate of drug-likeness (QED) is 0.0261. The molecule has 0 aromatic heterocycles. The molecule has 0 aromatic carbocycles. The van der Waals surface area contributed by atoms with Crippen molar-refractivity contribution >= 4 is 17.9 Å². The van der Waals surface area contributed by atoms with E-state index in [1.165, 1.54) is 96.3 Å². The summed E-state index contributed by atoms with van der Waals surface area (Å²) in [5, 5.41) is 0. The van der Waals surface area contributed by atoms with Crippen molar-refractivity contribution in [2.24, 2.45) is 0 Å². The maximum Gasteiger partial charge on any atom is 0.310 e. The highest BCUT2D eigenvalue weighted by molar-refractivity contribution is 5.72. The summed E-state index contributed by atoms with van der Waals surface area (Å²) in [5.41, 5.74) is 0. The zero-order valence-electron chi connectivity index (χ0n) is 47.1. The van der Waals surface area contributed by atoms with Gasteiger partial charge in [0.15, 0.2) is 6.10 Å². The lowest BCUT2D eigenvalue weighted by molar-refractivity contribution is -0.166. The molecule has 0 fully saturated rings. The Kier molecular flexibility index (Phi) is 56.4. The van der Waals surface area contributed by atoms with Crippen molar-refractivity contribution in [3.8, 4) is 0 Å². The Balaban J connectivity index is 4.38. The molecule has 1 atom stereocenters. The van der Waals surface area contributed by atoms with Crippen molar-refractivity contribution in [2.45, 2.75) is 258 Å². The van der Waals surface area contributed by atoms with E-state index in [2.05, 4.69) is 142 Å². The Hall–Kier alpha value is -4.45. The van der Waals surface area contributed by atoms with E-state index in [0.29, 0.717) is 19.3 Å². The number of hydrogen-bond acceptors (Lipinski definition) is 6. The van der Waals surface area contributed by atoms with Gasteiger partial charge < -0.3 is 14.2 Å². The van der Waals surface area contributed by atoms with Gasteiger partial charge in [-0.1, -0.05) is 251 Å². The Morgan fingerprint density at radius 3 is 0.918 bits per heavy atom. The second-order valence-electron chi connectivity index (χ2n) is 19.2. The van der Waals surface area contributed by atoms with E-state index in [1.54, 1.807) is 6.08 Å². The lowest BCUT2D eigenvalue weighted by Gasteiger charge is -2.18. The molecule has 0 bridgehead atoms. The van der Waals surface area contributed by atoms with Gasteiger partial charge in [-0.15, -0.1) is 0 Å². The molecule has 0 N–H and O–H groups in total. The highest BCUT2D eigenvalue weighted by Gasteiger charge is 2.19. The number of allylic oxidation sites excluding steroid dienone is 21. The summed E-state index contributed by atoms with van der Waals surface area (Å²) in [7, 11) is 0. The minimum Gasteiger partial charge on any atom is -0.462 e. The highest BCUT2D eigenvalue weighted by Crippen LogP contribution is 2.14. The average Bonchev–Trinajstić information content (AvgIpc) is 3.39. The lowest BCUT2D eigenvalue weighted by atomic mass is 10.0. The number of esters is 3. The predicted molar refractivity (Wildman–Crippen MR) is 316 cm³/mol. The molecule has 0 saturated carbocycles. The third-order valence-corrected chi connectivity index (χ3v) is 12.2. The van der Waals surface area contributed by atoms with Crippen LogP contribution in [0.1, 0.15) is 252 Å². The maximum absolute atomic E-state index is 12.8. The molecule has 0 aliphatic heterocycles. The van der Waals surface area contributed by atoms with Crippen LogP contribution in [0.5, 0.6) is 0 Å². The summed E-state index contributed by atoms with van der Waals surface area (Å²) in [6, 6.07) is 0. The van der Waals surface area contributed by atoms with E-state index >= 15 is 0 Å². The molecule has 0 aromatic rings. The van der Waals surface area contributed by atoms with Gasteiger partial charge in [0.05, 0.1) is 6.42 Å². The van der Waals surface area contributed by atoms with Gasteiger partial charge in [-0.25, -0.2) is 0 Å². The van der Waals surface area contributed by atoms with Crippen LogP contribution < -0.4 is 0 Å². The van der Waals surface area contributed by atoms with Crippen LogP contribution in [0.3, 0.4) is 0 Å². The second kappa shape index (κ2) is 60.1. The molecule has 0 saturated heterocycles. The van der Waals surface area contributed by atoms with Crippen molar-refractivity contribution in [1.82, 2.24) is 0 Å². The zero-order chi connectivity index (χ0) is 52.9. The minimum absolute atomic E-state index is 0.0904. The fourth-order valence-corrected chi connectivity index (χ4v) is 7.77. The fraction of sp³-hybridized carbons (Fsp3) is 0.627. The first-order chi connectivity index (χ1) is 36.0. The van der Waals surface area contributed by atoms with E-state index in [9.17, 15) is 14.4 Å². The molecule has 412 valence electrons. The molecule has 6 nitrogen and oxygen atoms in total. The third kappa shape index (κ3) is 58.3. The minimum atomic E-state index is -0.841. The number of carbonyl (C=O) groups is 3. The topological polar surface area (TPSA) is 78.9 Å². The standard InChI is InChI=1S/C67H108O6/c1-4-7-10-13-16-19-22-25-27-28-29-30-31-32-33-34-35-36-37-38-40-42-45-48-51-54-57-60-66(69)72-63-64(62-71-65(68)59-56-53-50-47-44-41-24-21-18-15-12-9-6-3)73-67(70)61-58-55-52-49-46-43-39-26-23-20-17-14-11-8-5-2/h7-8,10-11,16-17,19-21,24-27,29-30,32-33,39,46,49,55,58,64H,4-6,9,12-15,18,22-23,28,31,34-38,40-45,47-48,50-54,56-57,59-63H2,1-3H3/b10-7-,11-8-,19-16-,20-17-,24-21-,27-25-,30-29-,33-32-,39-26-,49-46-,58-55-. The van der Waals surface area contributed by atoms with Gasteiger partial charge in [-0.2, -0.15) is 0 Å². The van der Waals surface area contributed by atoms with Gasteiger partial charge in [-0.3, -0.25) is 14.4 Å². The van der Waals surface area contributed by atoms with E-state index in [-0.39, 0.29) is 31.6 Å². The summed E-state index contributed by atoms with van der Waals surface area (Å²) in [4.78, 5) is 38.1. The third-order valence-electron chi connectivity index (χ3n) is 12.2. The first-order valence-corrected chi connectivity index (χ1v) is 29.7. The summed E-state index contributed by atoms with van der Waals surface area (Å²) in [5.74, 6) is -1.07. The molecule has 0 heterocycles. The number of ether oxygens (including phenoxy) is 3. The van der Waals surface area contributed by atoms with Crippen molar-refractivity contribution < 1.29 is 28.6 Å². The zero-order valence-corrected chi connectivity index (χ0v) is 47.1. The number of rotatable bonds is 52. The van der Waals surface area contributed by atoms with Crippen molar-refractivity contribution in [3.05, 3.63) is 134 Å². The molecule has 0 spiro atoms. The first-order valence-electron chi connectivity index (χ1n) is 29.7. The maximum atomic E-state index is 12.8. The predicted octanol–water partition coefficient (Wildman–Crippen LogP) is 20.2. The number of carbonyl (C=O) groups excluding carboxylic acids is 3. The summed E-state index contributed by atoms with van der Waals surface area (Å²) < 4.78 is 16.7. The van der Waals surface area contributed by atoms with Crippen LogP contribution in [-0.2, 0) is 28.6 Å². The normalized spacial score (nSPS) is 13.1. The van der Waals surface area contributed by atoms with Crippen LogP contribution in [0.4, 0.5) is 0 Å². The SMILES string of the molecule is CC/C=C\C/C=C\C/C=C\C/C=C\C/C=C\CCCCCCCCCCCCCC(=O)OCC(COC(=O)CCCCCCC/C=C\CCCCCC)OC(=O)C/C=C\C/C=C\C/C=C\C/C=C\C/C=C\CC. The van der Waals surface area contributed by atoms with Gasteiger partial charge in [0, 0.05) is 12.8 Å². The van der Waals surface area contributed by atoms with Crippen molar-refractivity contribution in [3.63, 3.8) is 0 Å². The average molecular weight is 1010 g/mol. The highest BCUT2D eigenvalue weighted by atomic mass is 16.6. The van der Waals surface area contributed by atoms with Gasteiger partial charge in [0.1, 0.15) is 13.2 Å². The fourth-order valence-electron chi connectivity index (χ4n) is 7.77.